The van der Waals surface area contributed by atoms with Gasteiger partial charge in [-0.1, -0.05) is 43.3 Å². The van der Waals surface area contributed by atoms with Crippen LogP contribution < -0.4 is 10.6 Å². The topological polar surface area (TPSA) is 115 Å². The number of carbonyl (C=O) groups excluding carboxylic acids is 3. The average Bonchev–Trinajstić information content (AvgIpc) is 3.28. The van der Waals surface area contributed by atoms with E-state index in [1.165, 1.54) is 11.8 Å². The highest BCUT2D eigenvalue weighted by atomic mass is 32.2. The van der Waals surface area contributed by atoms with E-state index in [0.29, 0.717) is 40.9 Å². The third kappa shape index (κ3) is 7.42. The van der Waals surface area contributed by atoms with Gasteiger partial charge >= 0.3 is 5.97 Å². The lowest BCUT2D eigenvalue weighted by Gasteiger charge is -2.22. The van der Waals surface area contributed by atoms with E-state index >= 15 is 0 Å². The standard InChI is InChI=1S/C27H33N5O4S/c1-6-32-24(23(17(3)4)29-25(34)20-10-8-9-18(5)15-20)30-31-27(32)37-16-22(33)28-21-13-11-19(12-14-21)26(35)36-7-2/h8-15,17,23H,6-7,16H2,1-5H3,(H,28,33)(H,29,34)/t23-/m0/s1. The van der Waals surface area contributed by atoms with Gasteiger partial charge in [0.05, 0.1) is 24.0 Å². The first-order chi connectivity index (χ1) is 17.7. The number of hydrogen-bond acceptors (Lipinski definition) is 7. The molecule has 2 aromatic carbocycles. The van der Waals surface area contributed by atoms with E-state index in [4.69, 9.17) is 4.74 Å². The van der Waals surface area contributed by atoms with Crippen molar-refractivity contribution in [3.05, 3.63) is 71.0 Å². The summed E-state index contributed by atoms with van der Waals surface area (Å²) in [7, 11) is 0. The van der Waals surface area contributed by atoms with E-state index in [9.17, 15) is 14.4 Å². The zero-order valence-corrected chi connectivity index (χ0v) is 22.6. The number of anilines is 1. The third-order valence-corrected chi connectivity index (χ3v) is 6.55. The summed E-state index contributed by atoms with van der Waals surface area (Å²) in [6, 6.07) is 13.6. The van der Waals surface area contributed by atoms with Crippen molar-refractivity contribution in [2.45, 2.75) is 52.4 Å². The van der Waals surface area contributed by atoms with E-state index in [0.717, 1.165) is 5.56 Å². The van der Waals surface area contributed by atoms with Crippen molar-refractivity contribution in [2.24, 2.45) is 5.92 Å². The van der Waals surface area contributed by atoms with Gasteiger partial charge in [-0.2, -0.15) is 0 Å². The van der Waals surface area contributed by atoms with Gasteiger partial charge in [0, 0.05) is 17.8 Å². The molecule has 196 valence electrons. The van der Waals surface area contributed by atoms with Gasteiger partial charge < -0.3 is 19.9 Å². The number of aromatic nitrogens is 3. The van der Waals surface area contributed by atoms with Crippen LogP contribution >= 0.6 is 11.8 Å². The van der Waals surface area contributed by atoms with E-state index in [1.807, 2.05) is 50.5 Å². The van der Waals surface area contributed by atoms with Crippen LogP contribution in [0.15, 0.2) is 53.7 Å². The average molecular weight is 524 g/mol. The van der Waals surface area contributed by atoms with Gasteiger partial charge in [0.15, 0.2) is 11.0 Å². The fourth-order valence-corrected chi connectivity index (χ4v) is 4.51. The van der Waals surface area contributed by atoms with E-state index in [2.05, 4.69) is 20.8 Å². The smallest absolute Gasteiger partial charge is 0.338 e. The van der Waals surface area contributed by atoms with Gasteiger partial charge in [-0.05, 0) is 63.1 Å². The van der Waals surface area contributed by atoms with Crippen molar-refractivity contribution in [1.82, 2.24) is 20.1 Å². The first-order valence-electron chi connectivity index (χ1n) is 12.2. The van der Waals surface area contributed by atoms with Crippen LogP contribution in [-0.2, 0) is 16.1 Å². The third-order valence-electron chi connectivity index (χ3n) is 5.59. The number of thioether (sulfide) groups is 1. The normalized spacial score (nSPS) is 11.7. The van der Waals surface area contributed by atoms with Crippen molar-refractivity contribution in [1.29, 1.82) is 0 Å². The van der Waals surface area contributed by atoms with Crippen LogP contribution in [0, 0.1) is 12.8 Å². The van der Waals surface area contributed by atoms with Crippen LogP contribution in [0.5, 0.6) is 0 Å². The van der Waals surface area contributed by atoms with Crippen LogP contribution in [0.25, 0.3) is 0 Å². The number of hydrogen-bond donors (Lipinski definition) is 2. The monoisotopic (exact) mass is 523 g/mol. The van der Waals surface area contributed by atoms with Crippen molar-refractivity contribution < 1.29 is 19.1 Å². The molecule has 0 unspecified atom stereocenters. The predicted octanol–water partition coefficient (Wildman–Crippen LogP) is 4.64. The van der Waals surface area contributed by atoms with Crippen LogP contribution in [0.4, 0.5) is 5.69 Å². The number of esters is 1. The number of nitrogens with zero attached hydrogens (tertiary/aromatic N) is 3. The van der Waals surface area contributed by atoms with Gasteiger partial charge in [0.2, 0.25) is 5.91 Å². The highest BCUT2D eigenvalue weighted by molar-refractivity contribution is 7.99. The summed E-state index contributed by atoms with van der Waals surface area (Å²) in [6.45, 7) is 10.6. The van der Waals surface area contributed by atoms with Crippen LogP contribution in [-0.4, -0.2) is 44.9 Å². The fraction of sp³-hybridized carbons (Fsp3) is 0.370. The minimum Gasteiger partial charge on any atom is -0.462 e. The summed E-state index contributed by atoms with van der Waals surface area (Å²) in [4.78, 5) is 37.2. The Balaban J connectivity index is 1.65. The van der Waals surface area contributed by atoms with Crippen molar-refractivity contribution >= 4 is 35.2 Å². The molecule has 0 saturated heterocycles. The minimum atomic E-state index is -0.402. The van der Waals surface area contributed by atoms with Gasteiger partial charge in [-0.25, -0.2) is 4.79 Å². The summed E-state index contributed by atoms with van der Waals surface area (Å²) in [5.41, 5.74) is 2.61. The quantitative estimate of drug-likeness (QED) is 0.278. The maximum Gasteiger partial charge on any atom is 0.338 e. The highest BCUT2D eigenvalue weighted by Crippen LogP contribution is 2.26. The summed E-state index contributed by atoms with van der Waals surface area (Å²) in [5.74, 6) is 0.0583. The predicted molar refractivity (Wildman–Crippen MR) is 144 cm³/mol. The molecular formula is C27H33N5O4S. The Morgan fingerprint density at radius 2 is 1.76 bits per heavy atom. The number of nitrogens with one attached hydrogen (secondary N) is 2. The molecule has 0 fully saturated rings. The molecule has 0 bridgehead atoms. The number of carbonyl (C=O) groups is 3. The Hall–Kier alpha value is -3.66. The van der Waals surface area contributed by atoms with E-state index < -0.39 is 5.97 Å². The Morgan fingerprint density at radius 3 is 2.38 bits per heavy atom. The lowest BCUT2D eigenvalue weighted by Crippen LogP contribution is -2.33. The molecule has 3 rings (SSSR count). The first-order valence-corrected chi connectivity index (χ1v) is 13.2. The summed E-state index contributed by atoms with van der Waals surface area (Å²) in [6.07, 6.45) is 0. The number of ether oxygens (including phenoxy) is 1. The minimum absolute atomic E-state index is 0.0713. The zero-order chi connectivity index (χ0) is 26.9. The fourth-order valence-electron chi connectivity index (χ4n) is 3.71. The van der Waals surface area contributed by atoms with E-state index in [-0.39, 0.29) is 29.5 Å². The van der Waals surface area contributed by atoms with Gasteiger partial charge in [-0.15, -0.1) is 10.2 Å². The number of aryl methyl sites for hydroxylation is 1. The molecule has 0 radical (unpaired) electrons. The van der Waals surface area contributed by atoms with Gasteiger partial charge in [0.1, 0.15) is 0 Å². The maximum atomic E-state index is 12.9. The molecule has 10 heteroatoms. The molecule has 1 aromatic heterocycles. The molecule has 0 saturated carbocycles. The molecule has 9 nitrogen and oxygen atoms in total. The molecule has 0 aliphatic rings. The van der Waals surface area contributed by atoms with Crippen LogP contribution in [0.3, 0.4) is 0 Å². The van der Waals surface area contributed by atoms with Gasteiger partial charge in [-0.3, -0.25) is 9.59 Å². The van der Waals surface area contributed by atoms with Crippen molar-refractivity contribution in [2.75, 3.05) is 17.7 Å². The Kier molecular flexibility index (Phi) is 9.85. The Morgan fingerprint density at radius 1 is 1.03 bits per heavy atom. The summed E-state index contributed by atoms with van der Waals surface area (Å²) < 4.78 is 6.90. The zero-order valence-electron chi connectivity index (χ0n) is 21.8. The molecule has 0 spiro atoms. The lowest BCUT2D eigenvalue weighted by molar-refractivity contribution is -0.113. The second kappa shape index (κ2) is 13.0. The number of amides is 2. The van der Waals surface area contributed by atoms with E-state index in [1.54, 1.807) is 37.3 Å². The second-order valence-electron chi connectivity index (χ2n) is 8.78. The second-order valence-corrected chi connectivity index (χ2v) is 9.73. The number of benzene rings is 2. The van der Waals surface area contributed by atoms with Crippen LogP contribution in [0.1, 0.15) is 65.8 Å². The largest absolute Gasteiger partial charge is 0.462 e. The number of rotatable bonds is 11. The summed E-state index contributed by atoms with van der Waals surface area (Å²) in [5, 5.41) is 15.2. The highest BCUT2D eigenvalue weighted by Gasteiger charge is 2.26. The molecule has 1 atom stereocenters. The molecule has 0 aliphatic carbocycles. The van der Waals surface area contributed by atoms with Crippen LogP contribution in [0.2, 0.25) is 0 Å². The maximum absolute atomic E-state index is 12.9. The molecule has 1 heterocycles. The van der Waals surface area contributed by atoms with Crippen molar-refractivity contribution in [3.8, 4) is 0 Å². The molecule has 37 heavy (non-hydrogen) atoms. The SMILES string of the molecule is CCOC(=O)c1ccc(NC(=O)CSc2nnc([C@@H](NC(=O)c3cccc(C)c3)C(C)C)n2CC)cc1. The Bertz CT molecular complexity index is 1240. The molecule has 3 aromatic rings. The molecule has 2 amide bonds. The van der Waals surface area contributed by atoms with Gasteiger partial charge in [0.25, 0.3) is 5.91 Å². The Labute approximate surface area is 221 Å². The molecular weight excluding hydrogens is 490 g/mol. The molecule has 2 N–H and O–H groups in total. The molecule has 0 aliphatic heterocycles. The lowest BCUT2D eigenvalue weighted by atomic mass is 10.0. The summed E-state index contributed by atoms with van der Waals surface area (Å²) >= 11 is 1.27. The van der Waals surface area contributed by atoms with Crippen molar-refractivity contribution in [3.63, 3.8) is 0 Å². The first kappa shape index (κ1) is 27.9.